The molecule has 2 nitrogen and oxygen atoms in total. The van der Waals surface area contributed by atoms with E-state index < -0.39 is 16.6 Å². The molecule has 39 heavy (non-hydrogen) atoms. The van der Waals surface area contributed by atoms with Crippen molar-refractivity contribution in [2.24, 2.45) is 0 Å². The molecule has 0 aliphatic rings. The molecule has 0 atom stereocenters. The Bertz CT molecular complexity index is 1670. The molecule has 0 unspecified atom stereocenters. The molecule has 0 aliphatic heterocycles. The van der Waals surface area contributed by atoms with Crippen LogP contribution >= 0.6 is 0 Å². The SMILES string of the molecule is Cc1c(O[Si](C)(C)C(C)(C)C)cc(O[Si](C)(C)C(C)(C)C)cc1-c1ccc2ccc3cccc4ccc1c2c34. The molecule has 0 heterocycles. The molecular formula is C35H44O2Si2. The van der Waals surface area contributed by atoms with Gasteiger partial charge < -0.3 is 8.85 Å². The van der Waals surface area contributed by atoms with Crippen molar-refractivity contribution in [2.45, 2.75) is 84.7 Å². The average Bonchev–Trinajstić information content (AvgIpc) is 2.82. The second kappa shape index (κ2) is 9.10. The zero-order chi connectivity index (χ0) is 28.5. The lowest BCUT2D eigenvalue weighted by Crippen LogP contribution is -2.44. The Balaban J connectivity index is 1.78. The van der Waals surface area contributed by atoms with Crippen LogP contribution in [0.3, 0.4) is 0 Å². The fourth-order valence-corrected chi connectivity index (χ4v) is 7.03. The van der Waals surface area contributed by atoms with Crippen LogP contribution in [0.15, 0.2) is 66.7 Å². The van der Waals surface area contributed by atoms with Crippen LogP contribution in [0, 0.1) is 6.92 Å². The van der Waals surface area contributed by atoms with E-state index in [0.717, 1.165) is 11.5 Å². The molecule has 0 bridgehead atoms. The van der Waals surface area contributed by atoms with Crippen molar-refractivity contribution in [1.82, 2.24) is 0 Å². The smallest absolute Gasteiger partial charge is 0.250 e. The molecule has 0 saturated carbocycles. The monoisotopic (exact) mass is 552 g/mol. The molecule has 0 fully saturated rings. The summed E-state index contributed by atoms with van der Waals surface area (Å²) < 4.78 is 13.9. The van der Waals surface area contributed by atoms with Crippen molar-refractivity contribution < 1.29 is 8.85 Å². The van der Waals surface area contributed by atoms with Gasteiger partial charge in [-0.25, -0.2) is 0 Å². The molecule has 5 rings (SSSR count). The minimum absolute atomic E-state index is 0.100. The predicted octanol–water partition coefficient (Wildman–Crippen LogP) is 11.3. The lowest BCUT2D eigenvalue weighted by Gasteiger charge is -2.38. The van der Waals surface area contributed by atoms with E-state index in [9.17, 15) is 0 Å². The fourth-order valence-electron chi connectivity index (χ4n) is 4.95. The minimum Gasteiger partial charge on any atom is -0.543 e. The van der Waals surface area contributed by atoms with Gasteiger partial charge >= 0.3 is 0 Å². The zero-order valence-corrected chi connectivity index (χ0v) is 27.7. The standard InChI is InChI=1S/C35H44O2Si2/c1-23-30(28-19-17-26-16-15-24-13-12-14-25-18-20-29(28)33(26)32(24)25)21-27(36-38(8,9)34(2,3)4)22-31(23)37-39(10,11)35(5,6)7/h12-22H,1-11H3. The van der Waals surface area contributed by atoms with Gasteiger partial charge in [-0.05, 0) is 98.3 Å². The van der Waals surface area contributed by atoms with Gasteiger partial charge in [-0.15, -0.1) is 0 Å². The first-order valence-corrected chi connectivity index (χ1v) is 20.0. The number of benzene rings is 5. The topological polar surface area (TPSA) is 18.5 Å². The molecule has 0 aliphatic carbocycles. The van der Waals surface area contributed by atoms with E-state index in [1.165, 1.54) is 49.0 Å². The molecule has 0 N–H and O–H groups in total. The Morgan fingerprint density at radius 3 is 1.67 bits per heavy atom. The van der Waals surface area contributed by atoms with E-state index >= 15 is 0 Å². The first kappa shape index (κ1) is 27.7. The quantitative estimate of drug-likeness (QED) is 0.159. The molecule has 5 aromatic rings. The van der Waals surface area contributed by atoms with Gasteiger partial charge in [0.05, 0.1) is 0 Å². The first-order chi connectivity index (χ1) is 18.0. The van der Waals surface area contributed by atoms with Gasteiger partial charge in [0.15, 0.2) is 0 Å². The summed E-state index contributed by atoms with van der Waals surface area (Å²) in [5.41, 5.74) is 3.61. The Morgan fingerprint density at radius 2 is 1.08 bits per heavy atom. The molecule has 4 heteroatoms. The normalized spacial score (nSPS) is 13.5. The summed E-state index contributed by atoms with van der Waals surface area (Å²) in [6.45, 7) is 25.3. The molecule has 0 amide bonds. The van der Waals surface area contributed by atoms with Crippen LogP contribution in [-0.4, -0.2) is 16.6 Å². The van der Waals surface area contributed by atoms with Crippen molar-refractivity contribution in [3.05, 3.63) is 72.3 Å². The molecule has 0 aromatic heterocycles. The largest absolute Gasteiger partial charge is 0.543 e. The first-order valence-electron chi connectivity index (χ1n) is 14.2. The average molecular weight is 553 g/mol. The summed E-state index contributed by atoms with van der Waals surface area (Å²) in [6, 6.07) is 24.7. The van der Waals surface area contributed by atoms with Crippen LogP contribution in [0.4, 0.5) is 0 Å². The van der Waals surface area contributed by atoms with Gasteiger partial charge in [0.25, 0.3) is 0 Å². The van der Waals surface area contributed by atoms with E-state index in [4.69, 9.17) is 8.85 Å². The molecule has 204 valence electrons. The highest BCUT2D eigenvalue weighted by molar-refractivity contribution is 6.75. The summed E-state index contributed by atoms with van der Waals surface area (Å²) in [7, 11) is -4.13. The van der Waals surface area contributed by atoms with E-state index in [2.05, 4.69) is 141 Å². The van der Waals surface area contributed by atoms with Crippen molar-refractivity contribution in [2.75, 3.05) is 0 Å². The second-order valence-electron chi connectivity index (χ2n) is 14.3. The minimum atomic E-state index is -2.07. The Morgan fingerprint density at radius 1 is 0.564 bits per heavy atom. The summed E-state index contributed by atoms with van der Waals surface area (Å²) in [6.07, 6.45) is 0. The van der Waals surface area contributed by atoms with Gasteiger partial charge in [-0.1, -0.05) is 96.1 Å². The van der Waals surface area contributed by atoms with Crippen LogP contribution in [0.5, 0.6) is 11.5 Å². The molecule has 0 spiro atoms. The molecular weight excluding hydrogens is 509 g/mol. The molecule has 5 aromatic carbocycles. The van der Waals surface area contributed by atoms with Crippen LogP contribution in [0.25, 0.3) is 43.4 Å². The van der Waals surface area contributed by atoms with Crippen LogP contribution < -0.4 is 8.85 Å². The summed E-state index contributed by atoms with van der Waals surface area (Å²) in [5.74, 6) is 1.88. The highest BCUT2D eigenvalue weighted by Gasteiger charge is 2.41. The molecule has 0 radical (unpaired) electrons. The fraction of sp³-hybridized carbons (Fsp3) is 0.371. The number of hydrogen-bond acceptors (Lipinski definition) is 2. The summed E-state index contributed by atoms with van der Waals surface area (Å²) >= 11 is 0. The van der Waals surface area contributed by atoms with Crippen molar-refractivity contribution in [1.29, 1.82) is 0 Å². The van der Waals surface area contributed by atoms with Gasteiger partial charge in [-0.3, -0.25) is 0 Å². The van der Waals surface area contributed by atoms with E-state index in [1.54, 1.807) is 0 Å². The Labute approximate surface area is 236 Å². The van der Waals surface area contributed by atoms with Crippen LogP contribution in [-0.2, 0) is 0 Å². The van der Waals surface area contributed by atoms with Gasteiger partial charge in [-0.2, -0.15) is 0 Å². The Hall–Kier alpha value is -2.83. The number of rotatable bonds is 5. The van der Waals surface area contributed by atoms with E-state index in [-0.39, 0.29) is 10.1 Å². The lowest BCUT2D eigenvalue weighted by molar-refractivity contribution is 0.473. The van der Waals surface area contributed by atoms with Crippen LogP contribution in [0.1, 0.15) is 47.1 Å². The highest BCUT2D eigenvalue weighted by atomic mass is 28.4. The van der Waals surface area contributed by atoms with E-state index in [0.29, 0.717) is 0 Å². The van der Waals surface area contributed by atoms with Gasteiger partial charge in [0.2, 0.25) is 16.6 Å². The second-order valence-corrected chi connectivity index (χ2v) is 23.7. The van der Waals surface area contributed by atoms with E-state index in [1.807, 2.05) is 0 Å². The van der Waals surface area contributed by atoms with Crippen LogP contribution in [0.2, 0.25) is 36.3 Å². The Kier molecular flexibility index (Phi) is 6.47. The third kappa shape index (κ3) is 4.76. The third-order valence-corrected chi connectivity index (χ3v) is 18.2. The highest BCUT2D eigenvalue weighted by Crippen LogP contribution is 2.46. The maximum absolute atomic E-state index is 7.00. The lowest BCUT2D eigenvalue weighted by atomic mass is 9.88. The summed E-state index contributed by atoms with van der Waals surface area (Å²) in [5, 5.41) is 8.02. The maximum Gasteiger partial charge on any atom is 0.250 e. The van der Waals surface area contributed by atoms with Gasteiger partial charge in [0.1, 0.15) is 11.5 Å². The predicted molar refractivity (Wildman–Crippen MR) is 176 cm³/mol. The van der Waals surface area contributed by atoms with Crippen molar-refractivity contribution in [3.8, 4) is 22.6 Å². The van der Waals surface area contributed by atoms with Crippen molar-refractivity contribution >= 4 is 49.0 Å². The van der Waals surface area contributed by atoms with Gasteiger partial charge in [0, 0.05) is 6.07 Å². The molecule has 0 saturated heterocycles. The maximum atomic E-state index is 7.00. The third-order valence-electron chi connectivity index (χ3n) is 9.50. The summed E-state index contributed by atoms with van der Waals surface area (Å²) in [4.78, 5) is 0. The number of hydrogen-bond donors (Lipinski definition) is 0. The zero-order valence-electron chi connectivity index (χ0n) is 25.7. The van der Waals surface area contributed by atoms with Crippen molar-refractivity contribution in [3.63, 3.8) is 0 Å².